The number of benzene rings is 1. The summed E-state index contributed by atoms with van der Waals surface area (Å²) in [6, 6.07) is 9.41. The summed E-state index contributed by atoms with van der Waals surface area (Å²) in [7, 11) is 0. The van der Waals surface area contributed by atoms with Crippen LogP contribution in [0.25, 0.3) is 0 Å². The van der Waals surface area contributed by atoms with Crippen LogP contribution in [0.1, 0.15) is 63.5 Å². The van der Waals surface area contributed by atoms with E-state index in [1.807, 2.05) is 0 Å². The molecule has 0 unspecified atom stereocenters. The highest BCUT2D eigenvalue weighted by atomic mass is 14.3. The molecule has 0 spiro atoms. The molecule has 1 aliphatic rings. The maximum Gasteiger partial charge on any atom is -0.00752 e. The van der Waals surface area contributed by atoms with E-state index in [0.717, 1.165) is 0 Å². The molecule has 0 aliphatic heterocycles. The molecule has 0 N–H and O–H groups in total. The van der Waals surface area contributed by atoms with Gasteiger partial charge in [-0.3, -0.25) is 0 Å². The minimum absolute atomic E-state index is 0.461. The Hall–Kier alpha value is -0.780. The monoisotopic (exact) mass is 216 g/mol. The van der Waals surface area contributed by atoms with Crippen molar-refractivity contribution in [1.82, 2.24) is 0 Å². The molecular formula is C16H24. The van der Waals surface area contributed by atoms with Gasteiger partial charge in [-0.15, -0.1) is 0 Å². The third-order valence-electron chi connectivity index (χ3n) is 4.15. The van der Waals surface area contributed by atoms with E-state index < -0.39 is 0 Å². The van der Waals surface area contributed by atoms with Crippen LogP contribution in [0.5, 0.6) is 0 Å². The van der Waals surface area contributed by atoms with Gasteiger partial charge in [0, 0.05) is 0 Å². The van der Waals surface area contributed by atoms with Crippen molar-refractivity contribution in [3.63, 3.8) is 0 Å². The van der Waals surface area contributed by atoms with E-state index in [1.54, 1.807) is 5.56 Å². The molecule has 0 nitrogen and oxygen atoms in total. The molecule has 0 atom stereocenters. The van der Waals surface area contributed by atoms with Crippen LogP contribution in [0.3, 0.4) is 0 Å². The van der Waals surface area contributed by atoms with Crippen molar-refractivity contribution in [2.45, 2.75) is 64.2 Å². The standard InChI is InChI=1S/C16H24/c1-3-7-14-8-10-15(11-9-14)16(2)12-5-4-6-13-16/h8-11H,3-7,12-13H2,1-2H3. The van der Waals surface area contributed by atoms with Gasteiger partial charge in [0.25, 0.3) is 0 Å². The number of aryl methyl sites for hydroxylation is 1. The molecule has 0 heterocycles. The molecule has 16 heavy (non-hydrogen) atoms. The van der Waals surface area contributed by atoms with Gasteiger partial charge in [0.05, 0.1) is 0 Å². The Morgan fingerprint density at radius 1 is 1.00 bits per heavy atom. The second kappa shape index (κ2) is 5.03. The van der Waals surface area contributed by atoms with Crippen molar-refractivity contribution >= 4 is 0 Å². The van der Waals surface area contributed by atoms with E-state index in [9.17, 15) is 0 Å². The molecule has 1 fully saturated rings. The predicted octanol–water partition coefficient (Wildman–Crippen LogP) is 4.86. The lowest BCUT2D eigenvalue weighted by atomic mass is 9.71. The van der Waals surface area contributed by atoms with E-state index in [2.05, 4.69) is 38.1 Å². The molecular weight excluding hydrogens is 192 g/mol. The Kier molecular flexibility index (Phi) is 3.68. The normalized spacial score (nSPS) is 19.6. The summed E-state index contributed by atoms with van der Waals surface area (Å²) in [5.74, 6) is 0. The van der Waals surface area contributed by atoms with E-state index in [1.165, 1.54) is 50.5 Å². The quantitative estimate of drug-likeness (QED) is 0.677. The smallest absolute Gasteiger partial charge is 0.00752 e. The Balaban J connectivity index is 2.13. The molecule has 0 aromatic heterocycles. The molecule has 0 bridgehead atoms. The first-order chi connectivity index (χ1) is 7.74. The van der Waals surface area contributed by atoms with Crippen molar-refractivity contribution in [2.24, 2.45) is 0 Å². The molecule has 1 aromatic carbocycles. The van der Waals surface area contributed by atoms with Crippen molar-refractivity contribution < 1.29 is 0 Å². The summed E-state index contributed by atoms with van der Waals surface area (Å²) in [5.41, 5.74) is 3.51. The summed E-state index contributed by atoms with van der Waals surface area (Å²) >= 11 is 0. The van der Waals surface area contributed by atoms with Gasteiger partial charge in [-0.25, -0.2) is 0 Å². The van der Waals surface area contributed by atoms with Crippen LogP contribution >= 0.6 is 0 Å². The van der Waals surface area contributed by atoms with Crippen LogP contribution < -0.4 is 0 Å². The van der Waals surface area contributed by atoms with E-state index >= 15 is 0 Å². The Morgan fingerprint density at radius 2 is 1.62 bits per heavy atom. The van der Waals surface area contributed by atoms with Crippen molar-refractivity contribution in [2.75, 3.05) is 0 Å². The first-order valence-electron chi connectivity index (χ1n) is 6.84. The molecule has 1 aromatic rings. The lowest BCUT2D eigenvalue weighted by Crippen LogP contribution is -2.24. The third-order valence-corrected chi connectivity index (χ3v) is 4.15. The summed E-state index contributed by atoms with van der Waals surface area (Å²) in [6.07, 6.45) is 9.47. The van der Waals surface area contributed by atoms with Gasteiger partial charge in [-0.05, 0) is 35.8 Å². The fourth-order valence-electron chi connectivity index (χ4n) is 2.98. The molecule has 1 aliphatic carbocycles. The van der Waals surface area contributed by atoms with Crippen LogP contribution in [-0.2, 0) is 11.8 Å². The maximum atomic E-state index is 2.45. The van der Waals surface area contributed by atoms with E-state index in [0.29, 0.717) is 5.41 Å². The van der Waals surface area contributed by atoms with Gasteiger partial charge in [-0.1, -0.05) is 63.8 Å². The van der Waals surface area contributed by atoms with Crippen LogP contribution in [0.2, 0.25) is 0 Å². The summed E-state index contributed by atoms with van der Waals surface area (Å²) in [6.45, 7) is 4.69. The van der Waals surface area contributed by atoms with Gasteiger partial charge in [0.2, 0.25) is 0 Å². The van der Waals surface area contributed by atoms with Gasteiger partial charge in [0.15, 0.2) is 0 Å². The van der Waals surface area contributed by atoms with Gasteiger partial charge >= 0.3 is 0 Å². The Bertz CT molecular complexity index is 314. The first-order valence-corrected chi connectivity index (χ1v) is 6.84. The van der Waals surface area contributed by atoms with Crippen LogP contribution in [-0.4, -0.2) is 0 Å². The predicted molar refractivity (Wildman–Crippen MR) is 70.9 cm³/mol. The average Bonchev–Trinajstić information content (AvgIpc) is 2.31. The second-order valence-corrected chi connectivity index (χ2v) is 5.57. The SMILES string of the molecule is CCCc1ccc(C2(C)CCCCC2)cc1. The van der Waals surface area contributed by atoms with Crippen LogP contribution in [0, 0.1) is 0 Å². The molecule has 0 amide bonds. The highest BCUT2D eigenvalue weighted by Crippen LogP contribution is 2.38. The minimum Gasteiger partial charge on any atom is -0.0651 e. The number of hydrogen-bond donors (Lipinski definition) is 0. The van der Waals surface area contributed by atoms with E-state index in [4.69, 9.17) is 0 Å². The topological polar surface area (TPSA) is 0 Å². The van der Waals surface area contributed by atoms with Gasteiger partial charge < -0.3 is 0 Å². The fraction of sp³-hybridized carbons (Fsp3) is 0.625. The van der Waals surface area contributed by atoms with Gasteiger partial charge in [0.1, 0.15) is 0 Å². The zero-order chi connectivity index (χ0) is 11.4. The molecule has 0 radical (unpaired) electrons. The molecule has 1 saturated carbocycles. The molecule has 0 heteroatoms. The van der Waals surface area contributed by atoms with Gasteiger partial charge in [-0.2, -0.15) is 0 Å². The minimum atomic E-state index is 0.461. The highest BCUT2D eigenvalue weighted by Gasteiger charge is 2.28. The lowest BCUT2D eigenvalue weighted by Gasteiger charge is -2.34. The molecule has 2 rings (SSSR count). The molecule has 88 valence electrons. The lowest BCUT2D eigenvalue weighted by molar-refractivity contribution is 0.319. The highest BCUT2D eigenvalue weighted by molar-refractivity contribution is 5.29. The Labute approximate surface area is 100 Å². The van der Waals surface area contributed by atoms with Crippen LogP contribution in [0.4, 0.5) is 0 Å². The largest absolute Gasteiger partial charge is 0.0651 e. The number of hydrogen-bond acceptors (Lipinski definition) is 0. The Morgan fingerprint density at radius 3 is 2.19 bits per heavy atom. The van der Waals surface area contributed by atoms with Crippen molar-refractivity contribution in [3.05, 3.63) is 35.4 Å². The summed E-state index contributed by atoms with van der Waals surface area (Å²) < 4.78 is 0. The average molecular weight is 216 g/mol. The second-order valence-electron chi connectivity index (χ2n) is 5.57. The zero-order valence-electron chi connectivity index (χ0n) is 10.8. The summed E-state index contributed by atoms with van der Waals surface area (Å²) in [4.78, 5) is 0. The van der Waals surface area contributed by atoms with E-state index in [-0.39, 0.29) is 0 Å². The maximum absolute atomic E-state index is 2.45. The third kappa shape index (κ3) is 2.48. The fourth-order valence-corrected chi connectivity index (χ4v) is 2.98. The summed E-state index contributed by atoms with van der Waals surface area (Å²) in [5, 5.41) is 0. The molecule has 0 saturated heterocycles. The zero-order valence-corrected chi connectivity index (χ0v) is 10.8. The van der Waals surface area contributed by atoms with Crippen molar-refractivity contribution in [1.29, 1.82) is 0 Å². The van der Waals surface area contributed by atoms with Crippen molar-refractivity contribution in [3.8, 4) is 0 Å². The van der Waals surface area contributed by atoms with Crippen LogP contribution in [0.15, 0.2) is 24.3 Å². The number of rotatable bonds is 3. The first kappa shape index (κ1) is 11.7.